The number of hydrogen-bond donors (Lipinski definition) is 3. The van der Waals surface area contributed by atoms with E-state index in [2.05, 4.69) is 27.4 Å². The van der Waals surface area contributed by atoms with Gasteiger partial charge in [-0.15, -0.1) is 0 Å². The minimum Gasteiger partial charge on any atom is -0.396 e. The fourth-order valence-electron chi connectivity index (χ4n) is 5.37. The Hall–Kier alpha value is -2.91. The first kappa shape index (κ1) is 25.7. The van der Waals surface area contributed by atoms with Crippen LogP contribution >= 0.6 is 0 Å². The average Bonchev–Trinajstić information content (AvgIpc) is 3.63. The lowest BCUT2D eigenvalue weighted by atomic mass is 9.93. The highest BCUT2D eigenvalue weighted by Gasteiger charge is 2.45. The smallest absolute Gasteiger partial charge is 0.260 e. The molecule has 3 fully saturated rings. The second kappa shape index (κ2) is 10.5. The molecule has 1 aliphatic carbocycles. The third-order valence-corrected chi connectivity index (χ3v) is 7.94. The average molecular weight is 509 g/mol. The summed E-state index contributed by atoms with van der Waals surface area (Å²) in [5.74, 6) is 2.56. The van der Waals surface area contributed by atoms with Crippen molar-refractivity contribution in [2.45, 2.75) is 64.5 Å². The zero-order chi connectivity index (χ0) is 26.0. The van der Waals surface area contributed by atoms with Crippen LogP contribution in [0.1, 0.15) is 63.2 Å². The van der Waals surface area contributed by atoms with Gasteiger partial charge in [-0.2, -0.15) is 0 Å². The number of nitrogens with zero attached hydrogens (tertiary/aromatic N) is 4. The molecular formula is C28H40N6O3. The highest BCUT2D eigenvalue weighted by atomic mass is 16.5. The molecule has 3 N–H and O–H groups in total. The molecule has 2 aliphatic heterocycles. The lowest BCUT2D eigenvalue weighted by Gasteiger charge is -2.34. The van der Waals surface area contributed by atoms with Gasteiger partial charge in [-0.05, 0) is 82.6 Å². The van der Waals surface area contributed by atoms with Crippen LogP contribution in [0.25, 0.3) is 0 Å². The number of aromatic nitrogens is 2. The molecule has 2 aromatic heterocycles. The van der Waals surface area contributed by atoms with Gasteiger partial charge in [0.2, 0.25) is 0 Å². The molecule has 1 atom stereocenters. The quantitative estimate of drug-likeness (QED) is 0.493. The zero-order valence-electron chi connectivity index (χ0n) is 22.3. The number of ether oxygens (including phenoxy) is 1. The number of morpholine rings is 1. The first-order valence-electron chi connectivity index (χ1n) is 13.6. The number of hydrogen-bond acceptors (Lipinski definition) is 8. The van der Waals surface area contributed by atoms with Gasteiger partial charge in [0.1, 0.15) is 23.3 Å². The van der Waals surface area contributed by atoms with Gasteiger partial charge < -0.3 is 30.3 Å². The Labute approximate surface area is 219 Å². The number of aliphatic hydroxyl groups is 1. The number of carbonyl (C=O) groups is 1. The lowest BCUT2D eigenvalue weighted by molar-refractivity contribution is 0.0529. The minimum absolute atomic E-state index is 0.0942. The summed E-state index contributed by atoms with van der Waals surface area (Å²) in [4.78, 5) is 27.6. The van der Waals surface area contributed by atoms with Crippen LogP contribution in [0, 0.1) is 5.41 Å². The number of amides is 1. The highest BCUT2D eigenvalue weighted by molar-refractivity contribution is 6.07. The molecule has 1 saturated carbocycles. The summed E-state index contributed by atoms with van der Waals surface area (Å²) in [5, 5.41) is 15.9. The summed E-state index contributed by atoms with van der Waals surface area (Å²) in [6.45, 7) is 10.3. The normalized spacial score (nSPS) is 21.1. The number of aliphatic hydroxyl groups excluding tert-OH is 1. The minimum atomic E-state index is -0.315. The molecule has 37 heavy (non-hydrogen) atoms. The molecule has 0 aromatic carbocycles. The third kappa shape index (κ3) is 6.15. The van der Waals surface area contributed by atoms with Crippen molar-refractivity contribution in [2.75, 3.05) is 59.8 Å². The van der Waals surface area contributed by atoms with Crippen molar-refractivity contribution < 1.29 is 14.6 Å². The molecule has 3 aliphatic rings. The van der Waals surface area contributed by atoms with Crippen LogP contribution in [0.5, 0.6) is 0 Å². The van der Waals surface area contributed by atoms with E-state index in [-0.39, 0.29) is 24.2 Å². The van der Waals surface area contributed by atoms with Gasteiger partial charge in [0.05, 0.1) is 18.3 Å². The Bertz CT molecular complexity index is 1110. The predicted octanol–water partition coefficient (Wildman–Crippen LogP) is 3.91. The zero-order valence-corrected chi connectivity index (χ0v) is 22.3. The molecule has 2 aromatic rings. The van der Waals surface area contributed by atoms with E-state index in [9.17, 15) is 9.90 Å². The molecule has 9 nitrogen and oxygen atoms in total. The largest absolute Gasteiger partial charge is 0.396 e. The number of carbonyl (C=O) groups excluding carboxylic acids is 1. The van der Waals surface area contributed by atoms with Crippen LogP contribution in [-0.4, -0.2) is 72.0 Å². The van der Waals surface area contributed by atoms with Crippen molar-refractivity contribution in [3.8, 4) is 0 Å². The van der Waals surface area contributed by atoms with Crippen molar-refractivity contribution in [3.05, 3.63) is 35.9 Å². The van der Waals surface area contributed by atoms with Crippen molar-refractivity contribution in [2.24, 2.45) is 5.41 Å². The van der Waals surface area contributed by atoms with Gasteiger partial charge >= 0.3 is 0 Å². The standard InChI is InChI=1S/C28H40N6O3/c1-20-19-34(16-18-37-20)24-6-4-5-22(29-24)31-26(36)21-7-8-23(32-27(2,3)13-17-35)30-25(21)33-14-11-28(9-10-28)12-15-33/h4-8,20,35H,9-19H2,1-3H3,(H,30,32)(H,29,31,36)/t20-/m1/s1. The van der Waals surface area contributed by atoms with Crippen LogP contribution < -0.4 is 20.4 Å². The number of rotatable bonds is 8. The van der Waals surface area contributed by atoms with Crippen LogP contribution in [0.3, 0.4) is 0 Å². The summed E-state index contributed by atoms with van der Waals surface area (Å²) in [5.41, 5.74) is 0.757. The van der Waals surface area contributed by atoms with E-state index in [1.807, 2.05) is 44.2 Å². The van der Waals surface area contributed by atoms with Crippen molar-refractivity contribution in [3.63, 3.8) is 0 Å². The predicted molar refractivity (Wildman–Crippen MR) is 147 cm³/mol. The van der Waals surface area contributed by atoms with Crippen molar-refractivity contribution >= 4 is 29.2 Å². The van der Waals surface area contributed by atoms with Crippen LogP contribution in [0.4, 0.5) is 23.3 Å². The maximum Gasteiger partial charge on any atom is 0.260 e. The van der Waals surface area contributed by atoms with Gasteiger partial charge in [-0.3, -0.25) is 4.79 Å². The van der Waals surface area contributed by atoms with E-state index in [1.165, 1.54) is 12.8 Å². The summed E-state index contributed by atoms with van der Waals surface area (Å²) in [7, 11) is 0. The summed E-state index contributed by atoms with van der Waals surface area (Å²) in [6, 6.07) is 9.42. The van der Waals surface area contributed by atoms with Gasteiger partial charge in [-0.1, -0.05) is 6.07 Å². The molecule has 4 heterocycles. The molecule has 1 spiro atoms. The van der Waals surface area contributed by atoms with E-state index in [4.69, 9.17) is 14.7 Å². The van der Waals surface area contributed by atoms with Crippen molar-refractivity contribution in [1.29, 1.82) is 0 Å². The summed E-state index contributed by atoms with van der Waals surface area (Å²) in [6.07, 6.45) is 5.68. The molecule has 9 heteroatoms. The Morgan fingerprint density at radius 3 is 2.57 bits per heavy atom. The number of nitrogens with one attached hydrogen (secondary N) is 2. The second-order valence-electron chi connectivity index (χ2n) is 11.5. The Balaban J connectivity index is 1.37. The Kier molecular flexibility index (Phi) is 7.27. The van der Waals surface area contributed by atoms with Crippen molar-refractivity contribution in [1.82, 2.24) is 9.97 Å². The van der Waals surface area contributed by atoms with E-state index in [0.29, 0.717) is 41.5 Å². The second-order valence-corrected chi connectivity index (χ2v) is 11.5. The van der Waals surface area contributed by atoms with Crippen LogP contribution in [0.15, 0.2) is 30.3 Å². The summed E-state index contributed by atoms with van der Waals surface area (Å²) >= 11 is 0. The van der Waals surface area contributed by atoms with Gasteiger partial charge in [0.25, 0.3) is 5.91 Å². The van der Waals surface area contributed by atoms with Crippen LogP contribution in [0.2, 0.25) is 0 Å². The van der Waals surface area contributed by atoms with Crippen LogP contribution in [-0.2, 0) is 4.74 Å². The summed E-state index contributed by atoms with van der Waals surface area (Å²) < 4.78 is 5.65. The van der Waals surface area contributed by atoms with Gasteiger partial charge in [0.15, 0.2) is 0 Å². The third-order valence-electron chi connectivity index (χ3n) is 7.94. The highest BCUT2D eigenvalue weighted by Crippen LogP contribution is 2.54. The molecular weight excluding hydrogens is 468 g/mol. The molecule has 0 radical (unpaired) electrons. The van der Waals surface area contributed by atoms with E-state index < -0.39 is 0 Å². The Morgan fingerprint density at radius 2 is 1.86 bits per heavy atom. The fourth-order valence-corrected chi connectivity index (χ4v) is 5.37. The van der Waals surface area contributed by atoms with E-state index >= 15 is 0 Å². The molecule has 1 amide bonds. The van der Waals surface area contributed by atoms with E-state index in [1.54, 1.807) is 0 Å². The molecule has 2 saturated heterocycles. The number of anilines is 4. The topological polar surface area (TPSA) is 103 Å². The number of pyridine rings is 2. The SMILES string of the molecule is C[C@@H]1CN(c2cccc(NC(=O)c3ccc(NC(C)(C)CCO)nc3N3CCC4(CC3)CC4)n2)CCO1. The molecule has 0 unspecified atom stereocenters. The van der Waals surface area contributed by atoms with Gasteiger partial charge in [-0.25, -0.2) is 9.97 Å². The maximum atomic E-state index is 13.6. The van der Waals surface area contributed by atoms with Gasteiger partial charge in [0, 0.05) is 38.3 Å². The van der Waals surface area contributed by atoms with E-state index in [0.717, 1.165) is 44.8 Å². The first-order chi connectivity index (χ1) is 17.8. The number of piperidine rings is 1. The monoisotopic (exact) mass is 508 g/mol. The first-order valence-corrected chi connectivity index (χ1v) is 13.6. The fraction of sp³-hybridized carbons (Fsp3) is 0.607. The molecule has 5 rings (SSSR count). The lowest BCUT2D eigenvalue weighted by Crippen LogP contribution is -2.41. The maximum absolute atomic E-state index is 13.6. The molecule has 0 bridgehead atoms. The Morgan fingerprint density at radius 1 is 1.08 bits per heavy atom. The molecule has 200 valence electrons.